The van der Waals surface area contributed by atoms with E-state index in [1.807, 2.05) is 22.8 Å². The van der Waals surface area contributed by atoms with Gasteiger partial charge >= 0.3 is 0 Å². The lowest BCUT2D eigenvalue weighted by Crippen LogP contribution is -2.31. The van der Waals surface area contributed by atoms with Crippen LogP contribution < -0.4 is 5.32 Å². The third-order valence-electron chi connectivity index (χ3n) is 3.71. The first-order valence-electron chi connectivity index (χ1n) is 6.32. The van der Waals surface area contributed by atoms with E-state index < -0.39 is 0 Å². The van der Waals surface area contributed by atoms with Crippen molar-refractivity contribution in [1.29, 1.82) is 0 Å². The molecule has 90 valence electrons. The van der Waals surface area contributed by atoms with Crippen molar-refractivity contribution in [2.24, 2.45) is 5.92 Å². The molecule has 1 aliphatic carbocycles. The minimum Gasteiger partial charge on any atom is -0.350 e. The van der Waals surface area contributed by atoms with Crippen LogP contribution in [0.4, 0.5) is 5.95 Å². The number of nitrogens with one attached hydrogen (secondary N) is 1. The molecule has 1 atom stereocenters. The maximum Gasteiger partial charge on any atom is 0.243 e. The van der Waals surface area contributed by atoms with Crippen LogP contribution in [0.15, 0.2) is 18.3 Å². The fraction of sp³-hybridized carbons (Fsp3) is 0.538. The Bertz CT molecular complexity index is 527. The molecule has 4 nitrogen and oxygen atoms in total. The van der Waals surface area contributed by atoms with E-state index in [0.717, 1.165) is 17.5 Å². The molecule has 2 heterocycles. The van der Waals surface area contributed by atoms with E-state index in [0.29, 0.717) is 6.04 Å². The van der Waals surface area contributed by atoms with Crippen LogP contribution in [0.2, 0.25) is 0 Å². The second-order valence-corrected chi connectivity index (χ2v) is 5.07. The fourth-order valence-corrected chi connectivity index (χ4v) is 2.31. The van der Waals surface area contributed by atoms with Crippen molar-refractivity contribution in [1.82, 2.24) is 14.6 Å². The van der Waals surface area contributed by atoms with Gasteiger partial charge in [0.05, 0.1) is 0 Å². The summed E-state index contributed by atoms with van der Waals surface area (Å²) in [5, 5.41) is 7.84. The first-order valence-corrected chi connectivity index (χ1v) is 6.32. The third kappa shape index (κ3) is 1.99. The summed E-state index contributed by atoms with van der Waals surface area (Å²) < 4.78 is 1.82. The molecule has 0 aliphatic heterocycles. The maximum atomic E-state index is 4.50. The van der Waals surface area contributed by atoms with Crippen molar-refractivity contribution in [2.45, 2.75) is 39.2 Å². The minimum absolute atomic E-state index is 0.474. The fourth-order valence-electron chi connectivity index (χ4n) is 2.31. The summed E-state index contributed by atoms with van der Waals surface area (Å²) in [7, 11) is 0. The topological polar surface area (TPSA) is 42.2 Å². The molecule has 2 aromatic rings. The first-order chi connectivity index (χ1) is 8.22. The summed E-state index contributed by atoms with van der Waals surface area (Å²) in [6, 6.07) is 4.56. The molecule has 17 heavy (non-hydrogen) atoms. The number of aromatic nitrogens is 3. The van der Waals surface area contributed by atoms with Gasteiger partial charge in [-0.05, 0) is 50.3 Å². The molecule has 1 N–H and O–H groups in total. The Labute approximate surface area is 101 Å². The standard InChI is InChI=1S/C13H18N4/c1-9-6-7-17-12(8-9)15-13(16-17)14-10(2)11-4-3-5-11/h6-8,10-11H,3-5H2,1-2H3,(H,14,16). The van der Waals surface area contributed by atoms with Crippen LogP contribution >= 0.6 is 0 Å². The van der Waals surface area contributed by atoms with Gasteiger partial charge in [0.25, 0.3) is 0 Å². The van der Waals surface area contributed by atoms with E-state index in [1.165, 1.54) is 24.8 Å². The minimum atomic E-state index is 0.474. The SMILES string of the molecule is Cc1ccn2nc(NC(C)C3CCC3)nc2c1. The van der Waals surface area contributed by atoms with Gasteiger partial charge in [0, 0.05) is 12.2 Å². The molecule has 0 amide bonds. The number of anilines is 1. The molecular formula is C13H18N4. The second kappa shape index (κ2) is 4.02. The van der Waals surface area contributed by atoms with E-state index >= 15 is 0 Å². The summed E-state index contributed by atoms with van der Waals surface area (Å²) in [4.78, 5) is 4.50. The number of aryl methyl sites for hydroxylation is 1. The number of pyridine rings is 1. The quantitative estimate of drug-likeness (QED) is 0.881. The van der Waals surface area contributed by atoms with Crippen molar-refractivity contribution in [3.8, 4) is 0 Å². The van der Waals surface area contributed by atoms with Gasteiger partial charge in [-0.15, -0.1) is 5.10 Å². The molecular weight excluding hydrogens is 212 g/mol. The lowest BCUT2D eigenvalue weighted by molar-refractivity contribution is 0.284. The summed E-state index contributed by atoms with van der Waals surface area (Å²) in [6.45, 7) is 4.29. The van der Waals surface area contributed by atoms with Gasteiger partial charge in [-0.25, -0.2) is 4.52 Å². The smallest absolute Gasteiger partial charge is 0.243 e. The van der Waals surface area contributed by atoms with E-state index in [9.17, 15) is 0 Å². The molecule has 0 spiro atoms. The van der Waals surface area contributed by atoms with Gasteiger partial charge in [-0.1, -0.05) is 6.42 Å². The van der Waals surface area contributed by atoms with Crippen molar-refractivity contribution in [2.75, 3.05) is 5.32 Å². The molecule has 3 rings (SSSR count). The van der Waals surface area contributed by atoms with Crippen LogP contribution in [0.25, 0.3) is 5.65 Å². The highest BCUT2D eigenvalue weighted by Crippen LogP contribution is 2.30. The summed E-state index contributed by atoms with van der Waals surface area (Å²) >= 11 is 0. The van der Waals surface area contributed by atoms with Crippen LogP contribution in [-0.4, -0.2) is 20.6 Å². The molecule has 4 heteroatoms. The third-order valence-corrected chi connectivity index (χ3v) is 3.71. The molecule has 1 aliphatic rings. The lowest BCUT2D eigenvalue weighted by atomic mass is 9.80. The van der Waals surface area contributed by atoms with Crippen molar-refractivity contribution < 1.29 is 0 Å². The summed E-state index contributed by atoms with van der Waals surface area (Å²) in [5.74, 6) is 1.54. The Kier molecular flexibility index (Phi) is 2.50. The number of fused-ring (bicyclic) bond motifs is 1. The molecule has 0 bridgehead atoms. The van der Waals surface area contributed by atoms with Gasteiger partial charge in [0.2, 0.25) is 5.95 Å². The highest BCUT2D eigenvalue weighted by Gasteiger charge is 2.24. The molecule has 0 saturated heterocycles. The zero-order chi connectivity index (χ0) is 11.8. The van der Waals surface area contributed by atoms with Gasteiger partial charge in [-0.3, -0.25) is 0 Å². The molecule has 2 aromatic heterocycles. The van der Waals surface area contributed by atoms with Crippen LogP contribution in [0.3, 0.4) is 0 Å². The predicted molar refractivity (Wildman–Crippen MR) is 68.1 cm³/mol. The zero-order valence-electron chi connectivity index (χ0n) is 10.3. The number of hydrogen-bond donors (Lipinski definition) is 1. The maximum absolute atomic E-state index is 4.50. The predicted octanol–water partition coefficient (Wildman–Crippen LogP) is 2.64. The molecule has 0 aromatic carbocycles. The van der Waals surface area contributed by atoms with Crippen molar-refractivity contribution >= 4 is 11.6 Å². The van der Waals surface area contributed by atoms with Gasteiger partial charge in [0.1, 0.15) is 0 Å². The van der Waals surface area contributed by atoms with E-state index in [4.69, 9.17) is 0 Å². The lowest BCUT2D eigenvalue weighted by Gasteiger charge is -2.31. The zero-order valence-corrected chi connectivity index (χ0v) is 10.3. The second-order valence-electron chi connectivity index (χ2n) is 5.07. The van der Waals surface area contributed by atoms with Crippen molar-refractivity contribution in [3.63, 3.8) is 0 Å². The summed E-state index contributed by atoms with van der Waals surface area (Å²) in [6.07, 6.45) is 5.99. The normalized spacial score (nSPS) is 18.0. The highest BCUT2D eigenvalue weighted by atomic mass is 15.3. The highest BCUT2D eigenvalue weighted by molar-refractivity contribution is 5.45. The van der Waals surface area contributed by atoms with Gasteiger partial charge < -0.3 is 5.32 Å². The molecule has 0 radical (unpaired) electrons. The number of nitrogens with zero attached hydrogens (tertiary/aromatic N) is 3. The Morgan fingerprint density at radius 3 is 3.00 bits per heavy atom. The van der Waals surface area contributed by atoms with Gasteiger partial charge in [0.15, 0.2) is 5.65 Å². The van der Waals surface area contributed by atoms with Crippen LogP contribution in [0.5, 0.6) is 0 Å². The van der Waals surface area contributed by atoms with Gasteiger partial charge in [-0.2, -0.15) is 4.98 Å². The van der Waals surface area contributed by atoms with E-state index in [-0.39, 0.29) is 0 Å². The first kappa shape index (κ1) is 10.6. The number of rotatable bonds is 3. The Hall–Kier alpha value is -1.58. The molecule has 1 unspecified atom stereocenters. The average molecular weight is 230 g/mol. The summed E-state index contributed by atoms with van der Waals surface area (Å²) in [5.41, 5.74) is 2.12. The Morgan fingerprint density at radius 2 is 2.29 bits per heavy atom. The molecule has 1 saturated carbocycles. The van der Waals surface area contributed by atoms with E-state index in [1.54, 1.807) is 0 Å². The van der Waals surface area contributed by atoms with Crippen molar-refractivity contribution in [3.05, 3.63) is 23.9 Å². The average Bonchev–Trinajstić information content (AvgIpc) is 2.55. The van der Waals surface area contributed by atoms with E-state index in [2.05, 4.69) is 29.2 Å². The largest absolute Gasteiger partial charge is 0.350 e. The monoisotopic (exact) mass is 230 g/mol. The number of hydrogen-bond acceptors (Lipinski definition) is 3. The molecule has 1 fully saturated rings. The Balaban J connectivity index is 1.80. The van der Waals surface area contributed by atoms with Crippen LogP contribution in [0.1, 0.15) is 31.7 Å². The Morgan fingerprint density at radius 1 is 1.47 bits per heavy atom. The van der Waals surface area contributed by atoms with Crippen LogP contribution in [-0.2, 0) is 0 Å². The van der Waals surface area contributed by atoms with Crippen LogP contribution in [0, 0.1) is 12.8 Å².